The van der Waals surface area contributed by atoms with Gasteiger partial charge in [0.05, 0.1) is 12.2 Å². The molecule has 0 saturated carbocycles. The van der Waals surface area contributed by atoms with Crippen molar-refractivity contribution in [3.05, 3.63) is 23.8 Å². The number of rotatable bonds is 3. The molecule has 2 fully saturated rings. The predicted octanol–water partition coefficient (Wildman–Crippen LogP) is 0.616. The van der Waals surface area contributed by atoms with Crippen LogP contribution in [0.5, 0.6) is 0 Å². The number of nitrogens with zero attached hydrogens (tertiary/aromatic N) is 3. The van der Waals surface area contributed by atoms with E-state index in [2.05, 4.69) is 15.7 Å². The average Bonchev–Trinajstić information content (AvgIpc) is 2.86. The summed E-state index contributed by atoms with van der Waals surface area (Å²) in [6.45, 7) is 2.34. The lowest BCUT2D eigenvalue weighted by Crippen LogP contribution is -2.44. The molecule has 2 aliphatic rings. The fourth-order valence-corrected chi connectivity index (χ4v) is 2.73. The maximum absolute atomic E-state index is 14.1. The fraction of sp³-hybridized carbons (Fsp3) is 0.571. The molecule has 23 heavy (non-hydrogen) atoms. The first kappa shape index (κ1) is 16.0. The number of piperazine rings is 1. The largest absolute Gasteiger partial charge is 0.365 e. The number of anilines is 1. The monoisotopic (exact) mass is 329 g/mol. The Kier molecular flexibility index (Phi) is 4.40. The van der Waals surface area contributed by atoms with Crippen LogP contribution in [0.25, 0.3) is 0 Å². The number of hydrazine groups is 1. The van der Waals surface area contributed by atoms with Gasteiger partial charge in [0.2, 0.25) is 5.95 Å². The number of alkyl halides is 2. The zero-order valence-electron chi connectivity index (χ0n) is 12.5. The number of hydrogen-bond donors (Lipinski definition) is 2. The van der Waals surface area contributed by atoms with Gasteiger partial charge in [-0.25, -0.2) is 18.8 Å². The molecule has 2 aliphatic heterocycles. The molecule has 2 saturated heterocycles. The van der Waals surface area contributed by atoms with Crippen molar-refractivity contribution in [3.63, 3.8) is 0 Å². The van der Waals surface area contributed by atoms with Crippen LogP contribution in [0.2, 0.25) is 0 Å². The van der Waals surface area contributed by atoms with Crippen molar-refractivity contribution in [1.82, 2.24) is 20.7 Å². The first-order valence-electron chi connectivity index (χ1n) is 7.51. The molecule has 0 radical (unpaired) electrons. The third-order valence-corrected chi connectivity index (χ3v) is 3.95. The molecule has 0 bridgehead atoms. The Bertz CT molecular complexity index is 592. The van der Waals surface area contributed by atoms with Gasteiger partial charge in [-0.3, -0.25) is 10.2 Å². The van der Waals surface area contributed by atoms with Gasteiger partial charge in [-0.2, -0.15) is 4.39 Å². The maximum Gasteiger partial charge on any atom is 0.284 e. The second-order valence-electron chi connectivity index (χ2n) is 5.71. The van der Waals surface area contributed by atoms with Gasteiger partial charge in [0.1, 0.15) is 5.69 Å². The summed E-state index contributed by atoms with van der Waals surface area (Å²) in [5, 5.41) is 4.30. The summed E-state index contributed by atoms with van der Waals surface area (Å²) in [4.78, 5) is 17.5. The summed E-state index contributed by atoms with van der Waals surface area (Å²) in [7, 11) is 0. The summed E-state index contributed by atoms with van der Waals surface area (Å²) >= 11 is 0. The molecule has 1 aromatic heterocycles. The third-order valence-electron chi connectivity index (χ3n) is 3.95. The zero-order valence-corrected chi connectivity index (χ0v) is 12.5. The smallest absolute Gasteiger partial charge is 0.284 e. The van der Waals surface area contributed by atoms with E-state index in [4.69, 9.17) is 0 Å². The number of carbonyl (C=O) groups is 1. The maximum atomic E-state index is 14.1. The molecule has 1 aromatic rings. The van der Waals surface area contributed by atoms with E-state index in [0.717, 1.165) is 18.1 Å². The lowest BCUT2D eigenvalue weighted by atomic mass is 10.2. The topological polar surface area (TPSA) is 60.5 Å². The molecule has 0 atom stereocenters. The minimum atomic E-state index is -2.81. The lowest BCUT2D eigenvalue weighted by molar-refractivity contribution is 0.00698. The van der Waals surface area contributed by atoms with E-state index >= 15 is 0 Å². The Morgan fingerprint density at radius 2 is 2.00 bits per heavy atom. The minimum Gasteiger partial charge on any atom is -0.365 e. The zero-order chi connectivity index (χ0) is 16.4. The van der Waals surface area contributed by atoms with Crippen LogP contribution in [-0.4, -0.2) is 61.1 Å². The number of amides is 1. The molecule has 2 N–H and O–H groups in total. The van der Waals surface area contributed by atoms with Crippen LogP contribution in [0.4, 0.5) is 18.9 Å². The number of halogens is 3. The van der Waals surface area contributed by atoms with Gasteiger partial charge < -0.3 is 10.2 Å². The summed E-state index contributed by atoms with van der Waals surface area (Å²) < 4.78 is 40.3. The highest BCUT2D eigenvalue weighted by molar-refractivity contribution is 5.92. The van der Waals surface area contributed by atoms with Crippen molar-refractivity contribution in [2.24, 2.45) is 0 Å². The molecule has 0 aromatic carbocycles. The summed E-state index contributed by atoms with van der Waals surface area (Å²) in [6, 6.07) is 2.91. The fourth-order valence-electron chi connectivity index (χ4n) is 2.73. The van der Waals surface area contributed by atoms with Crippen LogP contribution >= 0.6 is 0 Å². The van der Waals surface area contributed by atoms with Crippen molar-refractivity contribution in [2.45, 2.75) is 12.3 Å². The molecule has 9 heteroatoms. The Morgan fingerprint density at radius 1 is 1.26 bits per heavy atom. The number of hydrogen-bond acceptors (Lipinski definition) is 5. The van der Waals surface area contributed by atoms with Crippen molar-refractivity contribution < 1.29 is 18.0 Å². The normalized spacial score (nSPS) is 21.4. The van der Waals surface area contributed by atoms with E-state index in [1.807, 2.05) is 4.90 Å². The van der Waals surface area contributed by atoms with E-state index in [0.29, 0.717) is 18.8 Å². The lowest BCUT2D eigenvalue weighted by Gasteiger charge is -2.29. The number of carbonyl (C=O) groups excluding carboxylic acids is 1. The van der Waals surface area contributed by atoms with E-state index in [1.54, 1.807) is 0 Å². The average molecular weight is 329 g/mol. The third kappa shape index (κ3) is 3.73. The Labute approximate surface area is 131 Å². The van der Waals surface area contributed by atoms with E-state index in [9.17, 15) is 18.0 Å². The SMILES string of the molecule is O=C(NN1CCC(F)(F)C1)c1ccc(N2CCNCC2)c(F)n1. The Morgan fingerprint density at radius 3 is 2.61 bits per heavy atom. The van der Waals surface area contributed by atoms with Crippen molar-refractivity contribution >= 4 is 11.6 Å². The summed E-state index contributed by atoms with van der Waals surface area (Å²) in [6.07, 6.45) is -0.309. The summed E-state index contributed by atoms with van der Waals surface area (Å²) in [5.41, 5.74) is 2.55. The number of pyridine rings is 1. The molecule has 0 spiro atoms. The first-order chi connectivity index (χ1) is 10.9. The molecule has 0 aliphatic carbocycles. The highest BCUT2D eigenvalue weighted by Crippen LogP contribution is 2.25. The van der Waals surface area contributed by atoms with Crippen LogP contribution < -0.4 is 15.6 Å². The van der Waals surface area contributed by atoms with Crippen LogP contribution in [0.15, 0.2) is 12.1 Å². The number of nitrogens with one attached hydrogen (secondary N) is 2. The molecule has 126 valence electrons. The first-order valence-corrected chi connectivity index (χ1v) is 7.51. The van der Waals surface area contributed by atoms with Crippen molar-refractivity contribution in [1.29, 1.82) is 0 Å². The van der Waals surface area contributed by atoms with Gasteiger partial charge in [0.25, 0.3) is 11.8 Å². The summed E-state index contributed by atoms with van der Waals surface area (Å²) in [5.74, 6) is -4.22. The van der Waals surface area contributed by atoms with Crippen LogP contribution in [0.3, 0.4) is 0 Å². The van der Waals surface area contributed by atoms with Crippen molar-refractivity contribution in [2.75, 3.05) is 44.2 Å². The van der Waals surface area contributed by atoms with E-state index < -0.39 is 24.3 Å². The molecule has 0 unspecified atom stereocenters. The van der Waals surface area contributed by atoms with Crippen LogP contribution in [0, 0.1) is 5.95 Å². The van der Waals surface area contributed by atoms with E-state index in [-0.39, 0.29) is 18.7 Å². The van der Waals surface area contributed by atoms with Gasteiger partial charge in [0, 0.05) is 39.1 Å². The van der Waals surface area contributed by atoms with Gasteiger partial charge in [-0.1, -0.05) is 0 Å². The second-order valence-corrected chi connectivity index (χ2v) is 5.71. The molecule has 1 amide bonds. The predicted molar refractivity (Wildman–Crippen MR) is 77.9 cm³/mol. The number of aromatic nitrogens is 1. The van der Waals surface area contributed by atoms with Gasteiger partial charge in [0.15, 0.2) is 0 Å². The van der Waals surface area contributed by atoms with Crippen molar-refractivity contribution in [3.8, 4) is 0 Å². The van der Waals surface area contributed by atoms with E-state index in [1.165, 1.54) is 12.1 Å². The quantitative estimate of drug-likeness (QED) is 0.796. The molecule has 3 heterocycles. The Balaban J connectivity index is 1.66. The molecule has 6 nitrogen and oxygen atoms in total. The second kappa shape index (κ2) is 6.32. The molecular formula is C14H18F3N5O. The molecule has 3 rings (SSSR count). The Hall–Kier alpha value is -1.87. The van der Waals surface area contributed by atoms with Gasteiger partial charge >= 0.3 is 0 Å². The van der Waals surface area contributed by atoms with Gasteiger partial charge in [-0.05, 0) is 12.1 Å². The highest BCUT2D eigenvalue weighted by atomic mass is 19.3. The van der Waals surface area contributed by atoms with Gasteiger partial charge in [-0.15, -0.1) is 0 Å². The molecular weight excluding hydrogens is 311 g/mol. The minimum absolute atomic E-state index is 0.0556. The van der Waals surface area contributed by atoms with Crippen LogP contribution in [-0.2, 0) is 0 Å². The standard InChI is InChI=1S/C14H18F3N5O/c15-12-11(21-7-4-18-5-8-21)2-1-10(19-12)13(23)20-22-6-3-14(16,17)9-22/h1-2,18H,3-9H2,(H,20,23). The van der Waals surface area contributed by atoms with Crippen LogP contribution in [0.1, 0.15) is 16.9 Å². The highest BCUT2D eigenvalue weighted by Gasteiger charge is 2.39.